The summed E-state index contributed by atoms with van der Waals surface area (Å²) in [5.74, 6) is -0.0476. The normalized spacial score (nSPS) is 21.0. The van der Waals surface area contributed by atoms with Gasteiger partial charge in [0.25, 0.3) is 5.91 Å². The summed E-state index contributed by atoms with van der Waals surface area (Å²) in [5.41, 5.74) is 0.382. The topological polar surface area (TPSA) is 84.7 Å². The van der Waals surface area contributed by atoms with Crippen molar-refractivity contribution in [2.45, 2.75) is 57.0 Å². The third-order valence-electron chi connectivity index (χ3n) is 7.23. The zero-order valence-corrected chi connectivity index (χ0v) is 18.8. The summed E-state index contributed by atoms with van der Waals surface area (Å²) < 4.78 is 7.24. The van der Waals surface area contributed by atoms with E-state index in [1.54, 1.807) is 9.47 Å². The number of aromatic nitrogens is 2. The number of rotatable bonds is 4. The van der Waals surface area contributed by atoms with Crippen molar-refractivity contribution in [1.82, 2.24) is 14.5 Å². The highest BCUT2D eigenvalue weighted by molar-refractivity contribution is 6.30. The Labute approximate surface area is 192 Å². The molecule has 1 aromatic carbocycles. The van der Waals surface area contributed by atoms with E-state index in [4.69, 9.17) is 16.3 Å². The first-order valence-electron chi connectivity index (χ1n) is 11.5. The van der Waals surface area contributed by atoms with E-state index in [0.717, 1.165) is 44.1 Å². The Hall–Kier alpha value is -2.38. The van der Waals surface area contributed by atoms with Crippen LogP contribution in [-0.4, -0.2) is 51.3 Å². The van der Waals surface area contributed by atoms with Crippen molar-refractivity contribution < 1.29 is 14.6 Å². The van der Waals surface area contributed by atoms with Crippen LogP contribution in [-0.2, 0) is 11.3 Å². The molecule has 2 aromatic rings. The highest BCUT2D eigenvalue weighted by atomic mass is 35.5. The van der Waals surface area contributed by atoms with E-state index < -0.39 is 11.3 Å². The third-order valence-corrected chi connectivity index (χ3v) is 7.48. The molecule has 0 bridgehead atoms. The third kappa shape index (κ3) is 3.82. The molecule has 170 valence electrons. The van der Waals surface area contributed by atoms with Gasteiger partial charge < -0.3 is 19.3 Å². The number of nitrogens with zero attached hydrogens (tertiary/aromatic N) is 3. The fourth-order valence-electron chi connectivity index (χ4n) is 5.62. The summed E-state index contributed by atoms with van der Waals surface area (Å²) in [7, 11) is 0. The van der Waals surface area contributed by atoms with Gasteiger partial charge in [-0.1, -0.05) is 36.6 Å². The molecule has 2 fully saturated rings. The van der Waals surface area contributed by atoms with E-state index in [1.165, 1.54) is 0 Å². The molecule has 3 heterocycles. The van der Waals surface area contributed by atoms with Crippen LogP contribution in [0, 0.1) is 5.92 Å². The Kier molecular flexibility index (Phi) is 5.95. The number of fused-ring (bicyclic) bond motifs is 1. The molecule has 1 aromatic heterocycles. The highest BCUT2D eigenvalue weighted by Gasteiger charge is 2.38. The van der Waals surface area contributed by atoms with E-state index >= 15 is 0 Å². The van der Waals surface area contributed by atoms with Crippen molar-refractivity contribution in [3.63, 3.8) is 0 Å². The Morgan fingerprint density at radius 3 is 2.41 bits per heavy atom. The lowest BCUT2D eigenvalue weighted by Gasteiger charge is -2.39. The summed E-state index contributed by atoms with van der Waals surface area (Å²) in [6.07, 6.45) is 5.90. The quantitative estimate of drug-likeness (QED) is 0.758. The first-order valence-corrected chi connectivity index (χ1v) is 11.9. The number of hydrogen-bond donors (Lipinski definition) is 1. The first-order chi connectivity index (χ1) is 15.5. The Bertz CT molecular complexity index is 1060. The fourth-order valence-corrected chi connectivity index (χ4v) is 5.75. The van der Waals surface area contributed by atoms with Gasteiger partial charge in [-0.15, -0.1) is 0 Å². The van der Waals surface area contributed by atoms with E-state index in [0.29, 0.717) is 43.1 Å². The van der Waals surface area contributed by atoms with E-state index in [-0.39, 0.29) is 23.6 Å². The van der Waals surface area contributed by atoms with Crippen molar-refractivity contribution in [3.05, 3.63) is 56.7 Å². The maximum atomic E-state index is 13.5. The molecule has 8 heteroatoms. The molecule has 1 saturated heterocycles. The number of benzene rings is 1. The monoisotopic (exact) mass is 457 g/mol. The van der Waals surface area contributed by atoms with Gasteiger partial charge in [0, 0.05) is 43.3 Å². The number of halogens is 1. The van der Waals surface area contributed by atoms with Crippen molar-refractivity contribution in [3.8, 4) is 5.75 Å². The molecule has 3 aliphatic rings. The van der Waals surface area contributed by atoms with Gasteiger partial charge in [-0.05, 0) is 49.3 Å². The van der Waals surface area contributed by atoms with Crippen LogP contribution in [0.3, 0.4) is 0 Å². The van der Waals surface area contributed by atoms with Crippen LogP contribution < -0.4 is 5.56 Å². The van der Waals surface area contributed by atoms with E-state index in [1.807, 2.05) is 24.3 Å². The SMILES string of the molecule is O=C1c2c(O)c(=O)nc(C(c3ccc(Cl)cc3)C3CCCC3)n2CCN1C1CCOCC1. The van der Waals surface area contributed by atoms with Gasteiger partial charge in [0.15, 0.2) is 5.69 Å². The predicted molar refractivity (Wildman–Crippen MR) is 120 cm³/mol. The summed E-state index contributed by atoms with van der Waals surface area (Å²) in [6.45, 7) is 2.28. The molecule has 1 aliphatic carbocycles. The molecular weight excluding hydrogens is 430 g/mol. The van der Waals surface area contributed by atoms with Crippen LogP contribution in [0.1, 0.15) is 66.3 Å². The van der Waals surface area contributed by atoms with Crippen molar-refractivity contribution in [2.75, 3.05) is 19.8 Å². The van der Waals surface area contributed by atoms with Gasteiger partial charge >= 0.3 is 5.56 Å². The van der Waals surface area contributed by atoms with Gasteiger partial charge in [0.05, 0.1) is 0 Å². The number of carbonyl (C=O) groups excluding carboxylic acids is 1. The molecule has 7 nitrogen and oxygen atoms in total. The highest BCUT2D eigenvalue weighted by Crippen LogP contribution is 2.42. The maximum Gasteiger partial charge on any atom is 0.315 e. The standard InChI is InChI=1S/C24H28ClN3O4/c25-17-7-5-16(6-8-17)19(15-3-1-2-4-15)22-26-23(30)21(29)20-24(31)27(11-12-28(20)22)18-9-13-32-14-10-18/h5-8,15,18-19,29H,1-4,9-14H2. The second-order valence-electron chi connectivity index (χ2n) is 9.04. The molecule has 1 unspecified atom stereocenters. The summed E-state index contributed by atoms with van der Waals surface area (Å²) in [5, 5.41) is 11.3. The molecule has 5 rings (SSSR count). The predicted octanol–water partition coefficient (Wildman–Crippen LogP) is 3.56. The number of hydrogen-bond acceptors (Lipinski definition) is 5. The largest absolute Gasteiger partial charge is 0.501 e. The summed E-state index contributed by atoms with van der Waals surface area (Å²) in [4.78, 5) is 32.4. The summed E-state index contributed by atoms with van der Waals surface area (Å²) >= 11 is 6.13. The van der Waals surface area contributed by atoms with Gasteiger partial charge in [-0.25, -0.2) is 0 Å². The van der Waals surface area contributed by atoms with Gasteiger partial charge in [-0.2, -0.15) is 4.98 Å². The average Bonchev–Trinajstić information content (AvgIpc) is 3.33. The first kappa shape index (κ1) is 21.5. The lowest BCUT2D eigenvalue weighted by Crippen LogP contribution is -2.50. The molecular formula is C24H28ClN3O4. The van der Waals surface area contributed by atoms with Gasteiger partial charge in [0.1, 0.15) is 5.82 Å². The molecule has 1 N–H and O–H groups in total. The van der Waals surface area contributed by atoms with Crippen LogP contribution in [0.15, 0.2) is 29.1 Å². The molecule has 1 amide bonds. The minimum atomic E-state index is -0.731. The lowest BCUT2D eigenvalue weighted by molar-refractivity contribution is 0.0234. The number of carbonyl (C=O) groups is 1. The maximum absolute atomic E-state index is 13.5. The van der Waals surface area contributed by atoms with Crippen LogP contribution >= 0.6 is 11.6 Å². The smallest absolute Gasteiger partial charge is 0.315 e. The second kappa shape index (κ2) is 8.87. The van der Waals surface area contributed by atoms with Gasteiger partial charge in [-0.3, -0.25) is 9.59 Å². The van der Waals surface area contributed by atoms with Crippen molar-refractivity contribution in [2.24, 2.45) is 5.92 Å². The van der Waals surface area contributed by atoms with Crippen LogP contribution in [0.5, 0.6) is 5.75 Å². The molecule has 1 atom stereocenters. The zero-order valence-electron chi connectivity index (χ0n) is 18.0. The molecule has 32 heavy (non-hydrogen) atoms. The molecule has 1 saturated carbocycles. The molecule has 0 spiro atoms. The number of aromatic hydroxyl groups is 1. The molecule has 0 radical (unpaired) electrons. The lowest BCUT2D eigenvalue weighted by atomic mass is 9.83. The van der Waals surface area contributed by atoms with Crippen LogP contribution in [0.2, 0.25) is 5.02 Å². The zero-order chi connectivity index (χ0) is 22.2. The number of ether oxygens (including phenoxy) is 1. The Morgan fingerprint density at radius 1 is 1.03 bits per heavy atom. The van der Waals surface area contributed by atoms with Crippen LogP contribution in [0.4, 0.5) is 0 Å². The number of amides is 1. The van der Waals surface area contributed by atoms with E-state index in [2.05, 4.69) is 4.98 Å². The fraction of sp³-hybridized carbons (Fsp3) is 0.542. The second-order valence-corrected chi connectivity index (χ2v) is 9.48. The molecule has 2 aliphatic heterocycles. The average molecular weight is 458 g/mol. The Balaban J connectivity index is 1.61. The van der Waals surface area contributed by atoms with Crippen molar-refractivity contribution in [1.29, 1.82) is 0 Å². The van der Waals surface area contributed by atoms with Gasteiger partial charge in [0.2, 0.25) is 5.75 Å². The Morgan fingerprint density at radius 2 is 1.72 bits per heavy atom. The minimum Gasteiger partial charge on any atom is -0.501 e. The summed E-state index contributed by atoms with van der Waals surface area (Å²) in [6, 6.07) is 7.74. The van der Waals surface area contributed by atoms with E-state index in [9.17, 15) is 14.7 Å². The minimum absolute atomic E-state index is 0.0676. The van der Waals surface area contributed by atoms with Crippen LogP contribution in [0.25, 0.3) is 0 Å². The van der Waals surface area contributed by atoms with Crippen molar-refractivity contribution >= 4 is 17.5 Å².